The van der Waals surface area contributed by atoms with Gasteiger partial charge >= 0.3 is 0 Å². The van der Waals surface area contributed by atoms with E-state index in [1.54, 1.807) is 0 Å². The van der Waals surface area contributed by atoms with Gasteiger partial charge in [-0.15, -0.1) is 0 Å². The van der Waals surface area contributed by atoms with Gasteiger partial charge in [-0.2, -0.15) is 0 Å². The Kier molecular flexibility index (Phi) is 6.28. The second-order valence-electron chi connectivity index (χ2n) is 8.70. The first kappa shape index (κ1) is 22.8. The summed E-state index contributed by atoms with van der Waals surface area (Å²) in [6.07, 6.45) is 0. The summed E-state index contributed by atoms with van der Waals surface area (Å²) in [6.45, 7) is 0. The first-order valence-electron chi connectivity index (χ1n) is 12.1. The minimum absolute atomic E-state index is 0.607. The molecule has 0 aliphatic rings. The Morgan fingerprint density at radius 2 is 0.568 bits per heavy atom. The van der Waals surface area contributed by atoms with E-state index in [0.717, 1.165) is 27.8 Å². The quantitative estimate of drug-likeness (QED) is 0.240. The molecule has 0 saturated carbocycles. The molecule has 0 atom stereocenters. The minimum Gasteiger partial charge on any atom is -0.208 e. The van der Waals surface area contributed by atoms with Crippen LogP contribution >= 0.6 is 11.6 Å². The van der Waals surface area contributed by atoms with E-state index in [0.29, 0.717) is 22.5 Å². The zero-order chi connectivity index (χ0) is 25.0. The minimum atomic E-state index is 0.607. The van der Waals surface area contributed by atoms with Crippen LogP contribution in [0.2, 0.25) is 5.02 Å². The molecule has 0 spiro atoms. The topological polar surface area (TPSA) is 38.7 Å². The van der Waals surface area contributed by atoms with Gasteiger partial charge in [-0.05, 0) is 46.5 Å². The van der Waals surface area contributed by atoms with E-state index in [1.165, 1.54) is 11.1 Å². The highest BCUT2D eigenvalue weighted by Crippen LogP contribution is 2.29. The number of aromatic nitrogens is 3. The van der Waals surface area contributed by atoms with Crippen molar-refractivity contribution >= 4 is 11.6 Å². The van der Waals surface area contributed by atoms with Crippen LogP contribution < -0.4 is 0 Å². The lowest BCUT2D eigenvalue weighted by molar-refractivity contribution is 1.07. The molecule has 0 radical (unpaired) electrons. The monoisotopic (exact) mass is 495 g/mol. The molecule has 0 aliphatic carbocycles. The van der Waals surface area contributed by atoms with Crippen molar-refractivity contribution in [3.63, 3.8) is 0 Å². The molecule has 5 aromatic carbocycles. The lowest BCUT2D eigenvalue weighted by atomic mass is 10.0. The molecule has 0 saturated heterocycles. The molecule has 176 valence electrons. The molecule has 3 nitrogen and oxygen atoms in total. The maximum atomic E-state index is 6.13. The highest BCUT2D eigenvalue weighted by atomic mass is 35.5. The number of rotatable bonds is 5. The molecule has 0 aliphatic heterocycles. The van der Waals surface area contributed by atoms with Crippen molar-refractivity contribution in [1.82, 2.24) is 15.0 Å². The van der Waals surface area contributed by atoms with Gasteiger partial charge in [0.1, 0.15) is 0 Å². The average Bonchev–Trinajstić information content (AvgIpc) is 2.98. The fourth-order valence-electron chi connectivity index (χ4n) is 4.25. The zero-order valence-electron chi connectivity index (χ0n) is 19.9. The van der Waals surface area contributed by atoms with E-state index in [4.69, 9.17) is 26.6 Å². The number of hydrogen-bond donors (Lipinski definition) is 0. The summed E-state index contributed by atoms with van der Waals surface area (Å²) in [4.78, 5) is 14.5. The summed E-state index contributed by atoms with van der Waals surface area (Å²) in [5, 5.41) is 0.672. The predicted molar refractivity (Wildman–Crippen MR) is 152 cm³/mol. The summed E-state index contributed by atoms with van der Waals surface area (Å²) < 4.78 is 0. The normalized spacial score (nSPS) is 10.8. The van der Waals surface area contributed by atoms with Gasteiger partial charge in [0.05, 0.1) is 0 Å². The number of halogens is 1. The van der Waals surface area contributed by atoms with E-state index in [2.05, 4.69) is 72.8 Å². The molecule has 1 heterocycles. The Morgan fingerprint density at radius 3 is 0.919 bits per heavy atom. The van der Waals surface area contributed by atoms with Gasteiger partial charge in [0.2, 0.25) is 0 Å². The van der Waals surface area contributed by atoms with Crippen LogP contribution in [0.1, 0.15) is 0 Å². The van der Waals surface area contributed by atoms with E-state index in [1.807, 2.05) is 60.7 Å². The maximum Gasteiger partial charge on any atom is 0.164 e. The van der Waals surface area contributed by atoms with Gasteiger partial charge in [0.15, 0.2) is 17.5 Å². The molecule has 4 heteroatoms. The van der Waals surface area contributed by atoms with Crippen LogP contribution in [0.15, 0.2) is 133 Å². The van der Waals surface area contributed by atoms with Gasteiger partial charge in [-0.25, -0.2) is 15.0 Å². The van der Waals surface area contributed by atoms with Crippen LogP contribution in [-0.4, -0.2) is 15.0 Å². The summed E-state index contributed by atoms with van der Waals surface area (Å²) in [6, 6.07) is 44.9. The summed E-state index contributed by atoms with van der Waals surface area (Å²) in [5.41, 5.74) is 7.38. The molecular formula is C33H22ClN3. The van der Waals surface area contributed by atoms with Crippen LogP contribution in [-0.2, 0) is 0 Å². The smallest absolute Gasteiger partial charge is 0.164 e. The fourth-order valence-corrected chi connectivity index (χ4v) is 4.37. The van der Waals surface area contributed by atoms with Crippen molar-refractivity contribution in [3.05, 3.63) is 138 Å². The molecule has 0 unspecified atom stereocenters. The highest BCUT2D eigenvalue weighted by Gasteiger charge is 2.13. The van der Waals surface area contributed by atoms with Gasteiger partial charge < -0.3 is 0 Å². The Labute approximate surface area is 221 Å². The third kappa shape index (κ3) is 5.04. The van der Waals surface area contributed by atoms with Crippen LogP contribution in [0.4, 0.5) is 0 Å². The lowest BCUT2D eigenvalue weighted by Gasteiger charge is -2.10. The third-order valence-corrected chi connectivity index (χ3v) is 6.49. The van der Waals surface area contributed by atoms with Crippen molar-refractivity contribution in [2.75, 3.05) is 0 Å². The second-order valence-corrected chi connectivity index (χ2v) is 9.14. The van der Waals surface area contributed by atoms with E-state index < -0.39 is 0 Å². The maximum absolute atomic E-state index is 6.13. The van der Waals surface area contributed by atoms with Gasteiger partial charge in [0, 0.05) is 21.7 Å². The number of benzene rings is 5. The standard InChI is InChI=1S/C33H22ClN3/c34-30-21-19-29(20-22-30)33-36-31(27-15-11-25(12-16-27)23-7-3-1-4-8-23)35-32(37-33)28-17-13-26(14-18-28)24-9-5-2-6-10-24/h1-22H. The molecule has 0 amide bonds. The highest BCUT2D eigenvalue weighted by molar-refractivity contribution is 6.30. The first-order chi connectivity index (χ1) is 18.2. The van der Waals surface area contributed by atoms with E-state index in [9.17, 15) is 0 Å². The van der Waals surface area contributed by atoms with Crippen LogP contribution in [0.5, 0.6) is 0 Å². The Hall–Kier alpha value is -4.60. The van der Waals surface area contributed by atoms with E-state index >= 15 is 0 Å². The molecular weight excluding hydrogens is 474 g/mol. The zero-order valence-corrected chi connectivity index (χ0v) is 20.7. The predicted octanol–water partition coefficient (Wildman–Crippen LogP) is 8.86. The number of hydrogen-bond acceptors (Lipinski definition) is 3. The van der Waals surface area contributed by atoms with Gasteiger partial charge in [-0.1, -0.05) is 121 Å². The van der Waals surface area contributed by atoms with Crippen LogP contribution in [0, 0.1) is 0 Å². The molecule has 0 fully saturated rings. The van der Waals surface area contributed by atoms with E-state index in [-0.39, 0.29) is 0 Å². The van der Waals surface area contributed by atoms with Gasteiger partial charge in [-0.3, -0.25) is 0 Å². The summed E-state index contributed by atoms with van der Waals surface area (Å²) >= 11 is 6.13. The molecule has 6 aromatic rings. The Morgan fingerprint density at radius 1 is 0.297 bits per heavy atom. The van der Waals surface area contributed by atoms with Crippen LogP contribution in [0.25, 0.3) is 56.4 Å². The Balaban J connectivity index is 1.42. The molecule has 37 heavy (non-hydrogen) atoms. The van der Waals surface area contributed by atoms with Crippen LogP contribution in [0.3, 0.4) is 0 Å². The van der Waals surface area contributed by atoms with Crippen molar-refractivity contribution < 1.29 is 0 Å². The first-order valence-corrected chi connectivity index (χ1v) is 12.4. The summed E-state index contributed by atoms with van der Waals surface area (Å²) in [7, 11) is 0. The van der Waals surface area contributed by atoms with Crippen molar-refractivity contribution in [2.24, 2.45) is 0 Å². The van der Waals surface area contributed by atoms with Crippen molar-refractivity contribution in [1.29, 1.82) is 0 Å². The largest absolute Gasteiger partial charge is 0.208 e. The third-order valence-electron chi connectivity index (χ3n) is 6.24. The molecule has 0 N–H and O–H groups in total. The average molecular weight is 496 g/mol. The Bertz CT molecular complexity index is 1530. The molecule has 0 bridgehead atoms. The fraction of sp³-hybridized carbons (Fsp3) is 0. The summed E-state index contributed by atoms with van der Waals surface area (Å²) in [5.74, 6) is 1.86. The SMILES string of the molecule is Clc1ccc(-c2nc(-c3ccc(-c4ccccc4)cc3)nc(-c3ccc(-c4ccccc4)cc3)n2)cc1. The van der Waals surface area contributed by atoms with Crippen molar-refractivity contribution in [3.8, 4) is 56.4 Å². The second kappa shape index (κ2) is 10.2. The van der Waals surface area contributed by atoms with Gasteiger partial charge in [0.25, 0.3) is 0 Å². The lowest BCUT2D eigenvalue weighted by Crippen LogP contribution is -2.00. The number of nitrogens with zero attached hydrogens (tertiary/aromatic N) is 3. The molecule has 6 rings (SSSR count). The van der Waals surface area contributed by atoms with Crippen molar-refractivity contribution in [2.45, 2.75) is 0 Å². The molecule has 1 aromatic heterocycles.